The summed E-state index contributed by atoms with van der Waals surface area (Å²) in [7, 11) is 4.97. The summed E-state index contributed by atoms with van der Waals surface area (Å²) in [4.78, 5) is 65.7. The van der Waals surface area contributed by atoms with Crippen LogP contribution in [-0.4, -0.2) is 121 Å². The van der Waals surface area contributed by atoms with Gasteiger partial charge in [-0.15, -0.1) is 0 Å². The largest absolute Gasteiger partial charge is 0.467 e. The van der Waals surface area contributed by atoms with Crippen LogP contribution in [0.3, 0.4) is 0 Å². The number of aromatic nitrogens is 10. The lowest BCUT2D eigenvalue weighted by Gasteiger charge is -2.39. The number of rotatable bonds is 10. The number of anilines is 2. The summed E-state index contributed by atoms with van der Waals surface area (Å²) in [5, 5.41) is 17.3. The van der Waals surface area contributed by atoms with Crippen molar-refractivity contribution in [2.24, 2.45) is 14.1 Å². The molecule has 2 aromatic carbocycles. The van der Waals surface area contributed by atoms with Gasteiger partial charge in [0.25, 0.3) is 0 Å². The first-order valence-electron chi connectivity index (χ1n) is 24.6. The van der Waals surface area contributed by atoms with E-state index >= 15 is 0 Å². The summed E-state index contributed by atoms with van der Waals surface area (Å²) >= 11 is 0. The number of benzene rings is 2. The monoisotopic (exact) mass is 1020 g/mol. The molecule has 0 aliphatic carbocycles. The zero-order valence-corrected chi connectivity index (χ0v) is 42.6. The van der Waals surface area contributed by atoms with E-state index in [0.29, 0.717) is 73.1 Å². The quantitative estimate of drug-likeness (QED) is 0.107. The van der Waals surface area contributed by atoms with Gasteiger partial charge in [0.2, 0.25) is 0 Å². The maximum atomic E-state index is 13.6. The van der Waals surface area contributed by atoms with Crippen LogP contribution in [0.25, 0.3) is 33.5 Å². The molecule has 10 rings (SSSR count). The molecule has 2 aliphatic rings. The number of nitrogens with two attached hydrogens (primary N) is 2. The highest BCUT2D eigenvalue weighted by Crippen LogP contribution is 2.38. The van der Waals surface area contributed by atoms with Crippen molar-refractivity contribution < 1.29 is 38.1 Å². The van der Waals surface area contributed by atoms with Crippen LogP contribution < -0.4 is 11.5 Å². The number of aryl methyl sites for hydroxylation is 2. The number of methoxy groups -OCH3 is 1. The first-order valence-corrected chi connectivity index (χ1v) is 24.6. The lowest BCUT2D eigenvalue weighted by atomic mass is 9.86. The van der Waals surface area contributed by atoms with E-state index in [0.717, 1.165) is 33.4 Å². The average molecular weight is 1020 g/mol. The van der Waals surface area contributed by atoms with Crippen LogP contribution in [0.15, 0.2) is 110 Å². The van der Waals surface area contributed by atoms with Crippen molar-refractivity contribution >= 4 is 47.1 Å². The molecule has 8 aromatic rings. The molecule has 22 heteroatoms. The molecule has 8 heterocycles. The van der Waals surface area contributed by atoms with Crippen LogP contribution in [0.2, 0.25) is 0 Å². The second-order valence-electron chi connectivity index (χ2n) is 19.5. The van der Waals surface area contributed by atoms with E-state index in [9.17, 15) is 19.2 Å². The van der Waals surface area contributed by atoms with Crippen molar-refractivity contribution in [3.8, 4) is 22.3 Å². The minimum Gasteiger partial charge on any atom is -0.467 e. The number of esters is 2. The summed E-state index contributed by atoms with van der Waals surface area (Å²) in [6.07, 6.45) is 12.0. The second-order valence-corrected chi connectivity index (χ2v) is 19.5. The molecule has 0 radical (unpaired) electrons. The van der Waals surface area contributed by atoms with Gasteiger partial charge in [0.05, 0.1) is 43.3 Å². The van der Waals surface area contributed by atoms with Crippen LogP contribution >= 0.6 is 0 Å². The number of piperidine rings is 2. The lowest BCUT2D eigenvalue weighted by molar-refractivity contribution is -0.163. The van der Waals surface area contributed by atoms with E-state index in [-0.39, 0.29) is 13.2 Å². The molecule has 0 spiro atoms. The van der Waals surface area contributed by atoms with E-state index in [1.165, 1.54) is 16.9 Å². The number of hydrogen-bond acceptors (Lipinski definition) is 16. The third-order valence-corrected chi connectivity index (χ3v) is 13.1. The molecule has 2 amide bonds. The number of amides is 2. The van der Waals surface area contributed by atoms with Gasteiger partial charge in [0, 0.05) is 85.8 Å². The van der Waals surface area contributed by atoms with Gasteiger partial charge >= 0.3 is 24.1 Å². The van der Waals surface area contributed by atoms with Crippen LogP contribution in [0.5, 0.6) is 0 Å². The third-order valence-electron chi connectivity index (χ3n) is 13.1. The first-order chi connectivity index (χ1) is 36.1. The van der Waals surface area contributed by atoms with Crippen LogP contribution in [0, 0.1) is 0 Å². The Morgan fingerprint density at radius 1 is 0.613 bits per heavy atom. The maximum Gasteiger partial charge on any atom is 0.410 e. The van der Waals surface area contributed by atoms with Crippen molar-refractivity contribution in [3.63, 3.8) is 0 Å². The molecular formula is C53H60N14O8. The van der Waals surface area contributed by atoms with Crippen molar-refractivity contribution in [3.05, 3.63) is 132 Å². The van der Waals surface area contributed by atoms with Crippen molar-refractivity contribution in [1.29, 1.82) is 0 Å². The molecule has 2 saturated heterocycles. The molecule has 6 aromatic heterocycles. The Bertz CT molecular complexity index is 3330. The molecule has 4 unspecified atom stereocenters. The zero-order valence-electron chi connectivity index (χ0n) is 42.6. The summed E-state index contributed by atoms with van der Waals surface area (Å²) in [6.45, 7) is 6.34. The molecule has 0 saturated carbocycles. The van der Waals surface area contributed by atoms with Gasteiger partial charge in [-0.2, -0.15) is 29.4 Å². The average Bonchev–Trinajstić information content (AvgIpc) is 4.24. The standard InChI is InChI=1S/C28H33N7O4.C25H27N7O4/c1-28(2,3)39-26(36)24-20(11-8-12-34(24)27(37)38-17-18-9-6-5-7-10-18)22-13-23(29)35-25(32-22)21(15-31-35)19-14-30-33(4)16-19;1-30-14-17(12-27-30)19-13-28-32-21(26)11-20(29-23(19)32)18-9-6-10-31(22(18)24(33)35-2)25(34)36-15-16-7-4-3-5-8-16/h5-7,9-10,13-16,20,24H,8,11-12,17,29H2,1-4H3;3-5,7-8,11-14,18,22H,6,9-10,15,26H2,1-2H3. The topological polar surface area (TPSA) is 260 Å². The highest BCUT2D eigenvalue weighted by atomic mass is 16.6. The Kier molecular flexibility index (Phi) is 14.8. The van der Waals surface area contributed by atoms with Crippen molar-refractivity contribution in [2.75, 3.05) is 31.7 Å². The van der Waals surface area contributed by atoms with E-state index < -0.39 is 53.6 Å². The number of nitrogens with zero attached hydrogens (tertiary/aromatic N) is 12. The van der Waals surface area contributed by atoms with E-state index in [4.69, 9.17) is 40.4 Å². The fourth-order valence-electron chi connectivity index (χ4n) is 9.61. The van der Waals surface area contributed by atoms with Gasteiger partial charge < -0.3 is 30.4 Å². The number of fused-ring (bicyclic) bond motifs is 2. The summed E-state index contributed by atoms with van der Waals surface area (Å²) in [5.74, 6) is -1.18. The normalized spacial score (nSPS) is 17.8. The molecule has 2 aliphatic heterocycles. The van der Waals surface area contributed by atoms with Gasteiger partial charge in [0.15, 0.2) is 11.3 Å². The van der Waals surface area contributed by atoms with Gasteiger partial charge in [-0.05, 0) is 57.6 Å². The Balaban J connectivity index is 0.000000184. The minimum absolute atomic E-state index is 0.101. The molecule has 390 valence electrons. The van der Waals surface area contributed by atoms with Crippen LogP contribution in [0.1, 0.15) is 80.8 Å². The van der Waals surface area contributed by atoms with Gasteiger partial charge in [-0.25, -0.2) is 29.1 Å². The molecule has 22 nitrogen and oxygen atoms in total. The Morgan fingerprint density at radius 3 is 1.43 bits per heavy atom. The lowest BCUT2D eigenvalue weighted by Crippen LogP contribution is -2.53. The zero-order chi connectivity index (χ0) is 53.0. The Labute approximate surface area is 432 Å². The van der Waals surface area contributed by atoms with Gasteiger partial charge in [-0.3, -0.25) is 19.2 Å². The fourth-order valence-corrected chi connectivity index (χ4v) is 9.61. The molecule has 2 fully saturated rings. The predicted molar refractivity (Wildman–Crippen MR) is 275 cm³/mol. The Hall–Kier alpha value is -8.82. The highest BCUT2D eigenvalue weighted by Gasteiger charge is 2.45. The van der Waals surface area contributed by atoms with Crippen molar-refractivity contribution in [1.82, 2.24) is 58.6 Å². The number of ether oxygens (including phenoxy) is 4. The highest BCUT2D eigenvalue weighted by molar-refractivity contribution is 5.85. The van der Waals surface area contributed by atoms with Gasteiger partial charge in [-0.1, -0.05) is 60.7 Å². The van der Waals surface area contributed by atoms with Crippen molar-refractivity contribution in [2.45, 2.75) is 89.2 Å². The summed E-state index contributed by atoms with van der Waals surface area (Å²) in [5.41, 5.74) is 19.2. The number of hydrogen-bond donors (Lipinski definition) is 2. The van der Waals surface area contributed by atoms with Crippen LogP contribution in [-0.2, 0) is 55.8 Å². The SMILES string of the molecule is COC(=O)C1C(c2cc(N)n3ncc(-c4cnn(C)c4)c3n2)CCCN1C(=O)OCc1ccccc1.Cn1cc(-c2cnn3c(N)cc(C4CCCN(C(=O)OCc5ccccc5)C4C(=O)OC(C)(C)C)nc23)cn1. The number of carbonyl (C=O) groups is 4. The van der Waals surface area contributed by atoms with E-state index in [1.54, 1.807) is 76.1 Å². The summed E-state index contributed by atoms with van der Waals surface area (Å²) < 4.78 is 28.6. The number of nitrogen functional groups attached to an aromatic ring is 2. The van der Waals surface area contributed by atoms with Crippen LogP contribution in [0.4, 0.5) is 21.2 Å². The minimum atomic E-state index is -0.930. The third kappa shape index (κ3) is 11.2. The smallest absolute Gasteiger partial charge is 0.410 e. The number of carbonyl (C=O) groups excluding carboxylic acids is 4. The molecule has 4 N–H and O–H groups in total. The maximum absolute atomic E-state index is 13.6. The Morgan fingerprint density at radius 2 is 1.04 bits per heavy atom. The number of likely N-dealkylation sites (tertiary alicyclic amines) is 2. The van der Waals surface area contributed by atoms with E-state index in [1.807, 2.05) is 87.2 Å². The molecule has 75 heavy (non-hydrogen) atoms. The fraction of sp³-hybridized carbons (Fsp3) is 0.358. The van der Waals surface area contributed by atoms with Gasteiger partial charge in [0.1, 0.15) is 42.5 Å². The molecule has 4 atom stereocenters. The van der Waals surface area contributed by atoms with E-state index in [2.05, 4.69) is 20.4 Å². The molecule has 0 bridgehead atoms. The second kappa shape index (κ2) is 21.7. The first kappa shape index (κ1) is 51.1. The summed E-state index contributed by atoms with van der Waals surface area (Å²) in [6, 6.07) is 20.4. The molecular weight excluding hydrogens is 961 g/mol. The predicted octanol–water partition coefficient (Wildman–Crippen LogP) is 6.71.